The fourth-order valence-corrected chi connectivity index (χ4v) is 1.78. The van der Waals surface area contributed by atoms with E-state index in [1.165, 1.54) is 12.8 Å². The van der Waals surface area contributed by atoms with Gasteiger partial charge in [-0.15, -0.1) is 0 Å². The molecule has 104 valence electrons. The van der Waals surface area contributed by atoms with Crippen molar-refractivity contribution >= 4 is 5.91 Å². The molecule has 0 aromatic heterocycles. The number of nitrogens with one attached hydrogen (secondary N) is 2. The van der Waals surface area contributed by atoms with Crippen LogP contribution in [-0.4, -0.2) is 32.7 Å². The van der Waals surface area contributed by atoms with Crippen LogP contribution in [0, 0.1) is 0 Å². The number of carbonyl (C=O) groups excluding carboxylic acids is 1. The minimum atomic E-state index is -0.160. The minimum Gasteiger partial charge on any atom is -0.493 e. The van der Waals surface area contributed by atoms with E-state index in [4.69, 9.17) is 9.47 Å². The van der Waals surface area contributed by atoms with Gasteiger partial charge in [0.25, 0.3) is 5.91 Å². The molecular formula is C14H20N2O3. The molecule has 1 aliphatic rings. The van der Waals surface area contributed by atoms with Gasteiger partial charge in [0.1, 0.15) is 0 Å². The SMILES string of the molecule is CNC(=O)COc1c(CNC2CC2)cccc1OC. The minimum absolute atomic E-state index is 0.00664. The summed E-state index contributed by atoms with van der Waals surface area (Å²) < 4.78 is 10.9. The van der Waals surface area contributed by atoms with Crippen molar-refractivity contribution in [2.45, 2.75) is 25.4 Å². The highest BCUT2D eigenvalue weighted by Crippen LogP contribution is 2.31. The summed E-state index contributed by atoms with van der Waals surface area (Å²) in [7, 11) is 3.18. The lowest BCUT2D eigenvalue weighted by atomic mass is 10.2. The molecule has 2 rings (SSSR count). The average molecular weight is 264 g/mol. The Labute approximate surface area is 113 Å². The summed E-state index contributed by atoms with van der Waals surface area (Å²) in [6.07, 6.45) is 2.47. The lowest BCUT2D eigenvalue weighted by molar-refractivity contribution is -0.122. The molecule has 1 aromatic rings. The Morgan fingerprint density at radius 1 is 1.42 bits per heavy atom. The normalized spacial score (nSPS) is 14.0. The monoisotopic (exact) mass is 264 g/mol. The van der Waals surface area contributed by atoms with Crippen LogP contribution in [0.15, 0.2) is 18.2 Å². The van der Waals surface area contributed by atoms with Gasteiger partial charge in [-0.2, -0.15) is 0 Å². The van der Waals surface area contributed by atoms with E-state index in [9.17, 15) is 4.79 Å². The van der Waals surface area contributed by atoms with Crippen LogP contribution in [0.1, 0.15) is 18.4 Å². The van der Waals surface area contributed by atoms with Crippen molar-refractivity contribution in [2.24, 2.45) is 0 Å². The summed E-state index contributed by atoms with van der Waals surface area (Å²) in [5.74, 6) is 1.13. The van der Waals surface area contributed by atoms with Crippen LogP contribution in [0.3, 0.4) is 0 Å². The molecule has 19 heavy (non-hydrogen) atoms. The molecule has 0 bridgehead atoms. The third kappa shape index (κ3) is 3.86. The Morgan fingerprint density at radius 2 is 2.21 bits per heavy atom. The number of likely N-dealkylation sites (N-methyl/N-ethyl adjacent to an activating group) is 1. The second kappa shape index (κ2) is 6.43. The molecule has 0 aliphatic heterocycles. The van der Waals surface area contributed by atoms with Gasteiger partial charge in [0, 0.05) is 25.2 Å². The summed E-state index contributed by atoms with van der Waals surface area (Å²) in [6.45, 7) is 0.720. The van der Waals surface area contributed by atoms with Crippen LogP contribution in [0.5, 0.6) is 11.5 Å². The van der Waals surface area contributed by atoms with Gasteiger partial charge in [0.2, 0.25) is 0 Å². The van der Waals surface area contributed by atoms with Crippen LogP contribution in [0.25, 0.3) is 0 Å². The lowest BCUT2D eigenvalue weighted by Gasteiger charge is -2.15. The van der Waals surface area contributed by atoms with E-state index in [1.807, 2.05) is 18.2 Å². The first-order valence-corrected chi connectivity index (χ1v) is 6.47. The molecule has 1 aliphatic carbocycles. The molecule has 5 nitrogen and oxygen atoms in total. The summed E-state index contributed by atoms with van der Waals surface area (Å²) in [5, 5.41) is 5.96. The van der Waals surface area contributed by atoms with Crippen molar-refractivity contribution in [1.29, 1.82) is 0 Å². The highest BCUT2D eigenvalue weighted by Gasteiger charge is 2.21. The van der Waals surface area contributed by atoms with Gasteiger partial charge in [-0.3, -0.25) is 4.79 Å². The van der Waals surface area contributed by atoms with E-state index in [2.05, 4.69) is 10.6 Å². The second-order valence-electron chi connectivity index (χ2n) is 4.57. The Kier molecular flexibility index (Phi) is 4.63. The van der Waals surface area contributed by atoms with E-state index in [-0.39, 0.29) is 12.5 Å². The van der Waals surface area contributed by atoms with Gasteiger partial charge in [-0.25, -0.2) is 0 Å². The number of hydrogen-bond acceptors (Lipinski definition) is 4. The molecule has 0 atom stereocenters. The number of methoxy groups -OCH3 is 1. The molecular weight excluding hydrogens is 244 g/mol. The number of rotatable bonds is 7. The van der Waals surface area contributed by atoms with E-state index in [0.29, 0.717) is 17.5 Å². The van der Waals surface area contributed by atoms with Crippen LogP contribution < -0.4 is 20.1 Å². The standard InChI is InChI=1S/C14H20N2O3/c1-15-13(17)9-19-14-10(8-16-11-6-7-11)4-3-5-12(14)18-2/h3-5,11,16H,6-9H2,1-2H3,(H,15,17). The van der Waals surface area contributed by atoms with E-state index in [0.717, 1.165) is 12.1 Å². The average Bonchev–Trinajstić information content (AvgIpc) is 3.26. The molecule has 5 heteroatoms. The van der Waals surface area contributed by atoms with Crippen LogP contribution in [-0.2, 0) is 11.3 Å². The maximum Gasteiger partial charge on any atom is 0.257 e. The van der Waals surface area contributed by atoms with Crippen molar-refractivity contribution in [3.63, 3.8) is 0 Å². The smallest absolute Gasteiger partial charge is 0.257 e. The Hall–Kier alpha value is -1.75. The highest BCUT2D eigenvalue weighted by atomic mass is 16.5. The van der Waals surface area contributed by atoms with Gasteiger partial charge in [0.15, 0.2) is 18.1 Å². The number of amides is 1. The summed E-state index contributed by atoms with van der Waals surface area (Å²) in [5.41, 5.74) is 1.01. The van der Waals surface area contributed by atoms with Gasteiger partial charge >= 0.3 is 0 Å². The fraction of sp³-hybridized carbons (Fsp3) is 0.500. The van der Waals surface area contributed by atoms with Gasteiger partial charge in [0.05, 0.1) is 7.11 Å². The quantitative estimate of drug-likeness (QED) is 0.773. The zero-order valence-corrected chi connectivity index (χ0v) is 11.4. The first-order chi connectivity index (χ1) is 9.24. The van der Waals surface area contributed by atoms with E-state index >= 15 is 0 Å². The zero-order valence-electron chi connectivity index (χ0n) is 11.4. The van der Waals surface area contributed by atoms with Crippen molar-refractivity contribution in [1.82, 2.24) is 10.6 Å². The Bertz CT molecular complexity index is 444. The number of carbonyl (C=O) groups is 1. The largest absolute Gasteiger partial charge is 0.493 e. The van der Waals surface area contributed by atoms with Crippen molar-refractivity contribution in [2.75, 3.05) is 20.8 Å². The summed E-state index contributed by atoms with van der Waals surface area (Å²) >= 11 is 0. The number of ether oxygens (including phenoxy) is 2. The van der Waals surface area contributed by atoms with Crippen molar-refractivity contribution < 1.29 is 14.3 Å². The fourth-order valence-electron chi connectivity index (χ4n) is 1.78. The molecule has 1 aromatic carbocycles. The third-order valence-corrected chi connectivity index (χ3v) is 3.07. The maximum absolute atomic E-state index is 11.3. The molecule has 0 unspecified atom stereocenters. The topological polar surface area (TPSA) is 59.6 Å². The molecule has 2 N–H and O–H groups in total. The number of benzene rings is 1. The molecule has 0 radical (unpaired) electrons. The lowest BCUT2D eigenvalue weighted by Crippen LogP contribution is -2.25. The highest BCUT2D eigenvalue weighted by molar-refractivity contribution is 5.77. The first kappa shape index (κ1) is 13.7. The van der Waals surface area contributed by atoms with Crippen molar-refractivity contribution in [3.8, 4) is 11.5 Å². The second-order valence-corrected chi connectivity index (χ2v) is 4.57. The van der Waals surface area contributed by atoms with Gasteiger partial charge in [-0.05, 0) is 18.9 Å². The van der Waals surface area contributed by atoms with Crippen LogP contribution in [0.2, 0.25) is 0 Å². The van der Waals surface area contributed by atoms with Gasteiger partial charge < -0.3 is 20.1 Å². The van der Waals surface area contributed by atoms with E-state index in [1.54, 1.807) is 14.2 Å². The predicted molar refractivity (Wildman–Crippen MR) is 72.4 cm³/mol. The molecule has 1 amide bonds. The van der Waals surface area contributed by atoms with Gasteiger partial charge in [-0.1, -0.05) is 12.1 Å². The predicted octanol–water partition coefficient (Wildman–Crippen LogP) is 1.07. The Balaban J connectivity index is 2.07. The number of hydrogen-bond donors (Lipinski definition) is 2. The van der Waals surface area contributed by atoms with E-state index < -0.39 is 0 Å². The van der Waals surface area contributed by atoms with Crippen LogP contribution >= 0.6 is 0 Å². The maximum atomic E-state index is 11.3. The first-order valence-electron chi connectivity index (χ1n) is 6.47. The Morgan fingerprint density at radius 3 is 2.84 bits per heavy atom. The third-order valence-electron chi connectivity index (χ3n) is 3.07. The summed E-state index contributed by atoms with van der Waals surface area (Å²) in [4.78, 5) is 11.3. The van der Waals surface area contributed by atoms with Crippen LogP contribution in [0.4, 0.5) is 0 Å². The zero-order chi connectivity index (χ0) is 13.7. The number of para-hydroxylation sites is 1. The molecule has 1 fully saturated rings. The molecule has 0 saturated heterocycles. The molecule has 0 spiro atoms. The molecule has 1 saturated carbocycles. The summed E-state index contributed by atoms with van der Waals surface area (Å²) in [6, 6.07) is 6.37. The molecule has 0 heterocycles. The van der Waals surface area contributed by atoms with Crippen molar-refractivity contribution in [3.05, 3.63) is 23.8 Å².